The predicted molar refractivity (Wildman–Crippen MR) is 94.5 cm³/mol. The number of carbonyl (C=O) groups is 1. The Bertz CT molecular complexity index is 701. The quantitative estimate of drug-likeness (QED) is 0.737. The molecule has 0 aliphatic rings. The molecule has 128 valence electrons. The molecule has 2 N–H and O–H groups in total. The Morgan fingerprint density at radius 1 is 1.08 bits per heavy atom. The molecule has 0 aromatic heterocycles. The van der Waals surface area contributed by atoms with Crippen molar-refractivity contribution in [3.63, 3.8) is 0 Å². The van der Waals surface area contributed by atoms with E-state index >= 15 is 0 Å². The molecule has 6 heteroatoms. The molecule has 0 saturated carbocycles. The van der Waals surface area contributed by atoms with Crippen molar-refractivity contribution in [2.75, 3.05) is 18.5 Å². The molecule has 0 spiro atoms. The average Bonchev–Trinajstić information content (AvgIpc) is 2.57. The second-order valence-electron chi connectivity index (χ2n) is 4.99. The summed E-state index contributed by atoms with van der Waals surface area (Å²) in [7, 11) is 0. The van der Waals surface area contributed by atoms with E-state index in [4.69, 9.17) is 26.2 Å². The number of aromatic carboxylic acids is 1. The van der Waals surface area contributed by atoms with Crippen LogP contribution in [0, 0.1) is 0 Å². The van der Waals surface area contributed by atoms with Crippen molar-refractivity contribution in [1.82, 2.24) is 0 Å². The van der Waals surface area contributed by atoms with Crippen molar-refractivity contribution in [3.8, 4) is 11.5 Å². The molecule has 0 radical (unpaired) electrons. The standard InChI is InChI=1S/C18H20ClNO4/c1-3-23-16-9-13(15(19)10-17(16)24-4-2)11-20-14-7-5-12(6-8-14)18(21)22/h5-10,20H,3-4,11H2,1-2H3,(H,21,22). The van der Waals surface area contributed by atoms with Crippen LogP contribution in [0.15, 0.2) is 36.4 Å². The second-order valence-corrected chi connectivity index (χ2v) is 5.40. The lowest BCUT2D eigenvalue weighted by atomic mass is 10.1. The van der Waals surface area contributed by atoms with Crippen LogP contribution < -0.4 is 14.8 Å². The fraction of sp³-hybridized carbons (Fsp3) is 0.278. The van der Waals surface area contributed by atoms with E-state index in [1.54, 1.807) is 30.3 Å². The first kappa shape index (κ1) is 17.9. The number of ether oxygens (including phenoxy) is 2. The van der Waals surface area contributed by atoms with Crippen LogP contribution in [0.3, 0.4) is 0 Å². The van der Waals surface area contributed by atoms with Gasteiger partial charge in [0.1, 0.15) is 0 Å². The zero-order valence-electron chi connectivity index (χ0n) is 13.6. The van der Waals surface area contributed by atoms with Crippen molar-refractivity contribution in [2.45, 2.75) is 20.4 Å². The minimum Gasteiger partial charge on any atom is -0.490 e. The van der Waals surface area contributed by atoms with Gasteiger partial charge in [0, 0.05) is 23.3 Å². The lowest BCUT2D eigenvalue weighted by molar-refractivity contribution is 0.0697. The Balaban J connectivity index is 2.13. The van der Waals surface area contributed by atoms with Crippen molar-refractivity contribution in [1.29, 1.82) is 0 Å². The van der Waals surface area contributed by atoms with E-state index in [1.165, 1.54) is 0 Å². The van der Waals surface area contributed by atoms with E-state index in [9.17, 15) is 4.79 Å². The maximum Gasteiger partial charge on any atom is 0.335 e. The zero-order valence-corrected chi connectivity index (χ0v) is 14.4. The van der Waals surface area contributed by atoms with Gasteiger partial charge >= 0.3 is 5.97 Å². The van der Waals surface area contributed by atoms with Gasteiger partial charge in [-0.05, 0) is 49.7 Å². The van der Waals surface area contributed by atoms with Gasteiger partial charge in [0.15, 0.2) is 11.5 Å². The average molecular weight is 350 g/mol. The highest BCUT2D eigenvalue weighted by molar-refractivity contribution is 6.31. The molecule has 0 fully saturated rings. The van der Waals surface area contributed by atoms with Gasteiger partial charge in [0.2, 0.25) is 0 Å². The van der Waals surface area contributed by atoms with Crippen molar-refractivity contribution in [2.24, 2.45) is 0 Å². The molecule has 0 atom stereocenters. The van der Waals surface area contributed by atoms with Gasteiger partial charge in [0.05, 0.1) is 18.8 Å². The Hall–Kier alpha value is -2.40. The first-order valence-corrected chi connectivity index (χ1v) is 8.08. The van der Waals surface area contributed by atoms with Crippen LogP contribution in [-0.2, 0) is 6.54 Å². The third-order valence-corrected chi connectivity index (χ3v) is 3.68. The SMILES string of the molecule is CCOc1cc(Cl)c(CNc2ccc(C(=O)O)cc2)cc1OCC. The number of hydrogen-bond acceptors (Lipinski definition) is 4. The van der Waals surface area contributed by atoms with Crippen LogP contribution in [0.2, 0.25) is 5.02 Å². The topological polar surface area (TPSA) is 67.8 Å². The fourth-order valence-corrected chi connectivity index (χ4v) is 2.40. The minimum absolute atomic E-state index is 0.248. The lowest BCUT2D eigenvalue weighted by Crippen LogP contribution is -2.04. The molecule has 0 amide bonds. The maximum absolute atomic E-state index is 10.9. The highest BCUT2D eigenvalue weighted by Gasteiger charge is 2.11. The molecule has 0 aliphatic heterocycles. The van der Waals surface area contributed by atoms with Gasteiger partial charge in [-0.1, -0.05) is 11.6 Å². The molecule has 2 aromatic carbocycles. The summed E-state index contributed by atoms with van der Waals surface area (Å²) in [5, 5.41) is 12.7. The first-order valence-electron chi connectivity index (χ1n) is 7.70. The number of benzene rings is 2. The molecule has 2 aromatic rings. The molecule has 0 unspecified atom stereocenters. The number of anilines is 1. The van der Waals surface area contributed by atoms with Crippen LogP contribution in [0.1, 0.15) is 29.8 Å². The molecular formula is C18H20ClNO4. The molecule has 0 bridgehead atoms. The molecule has 0 aliphatic carbocycles. The zero-order chi connectivity index (χ0) is 17.5. The summed E-state index contributed by atoms with van der Waals surface area (Å²) in [4.78, 5) is 10.9. The number of carboxylic acids is 1. The van der Waals surface area contributed by atoms with Gasteiger partial charge in [-0.25, -0.2) is 4.79 Å². The van der Waals surface area contributed by atoms with Crippen LogP contribution in [0.4, 0.5) is 5.69 Å². The summed E-state index contributed by atoms with van der Waals surface area (Å²) >= 11 is 6.32. The summed E-state index contributed by atoms with van der Waals surface area (Å²) in [6.45, 7) is 5.36. The highest BCUT2D eigenvalue weighted by atomic mass is 35.5. The summed E-state index contributed by atoms with van der Waals surface area (Å²) in [6, 6.07) is 10.1. The van der Waals surface area contributed by atoms with Crippen molar-refractivity contribution >= 4 is 23.3 Å². The Kier molecular flexibility index (Phi) is 6.32. The summed E-state index contributed by atoms with van der Waals surface area (Å²) < 4.78 is 11.1. The first-order chi connectivity index (χ1) is 11.5. The van der Waals surface area contributed by atoms with Gasteiger partial charge in [-0.3, -0.25) is 0 Å². The summed E-state index contributed by atoms with van der Waals surface area (Å²) in [6.07, 6.45) is 0. The monoisotopic (exact) mass is 349 g/mol. The highest BCUT2D eigenvalue weighted by Crippen LogP contribution is 2.34. The van der Waals surface area contributed by atoms with E-state index in [-0.39, 0.29) is 5.56 Å². The van der Waals surface area contributed by atoms with Gasteiger partial charge in [0.25, 0.3) is 0 Å². The number of halogens is 1. The van der Waals surface area contributed by atoms with E-state index in [0.717, 1.165) is 11.3 Å². The summed E-state index contributed by atoms with van der Waals surface area (Å²) in [5.74, 6) is 0.332. The van der Waals surface area contributed by atoms with E-state index in [0.29, 0.717) is 36.3 Å². The minimum atomic E-state index is -0.947. The Morgan fingerprint density at radius 2 is 1.67 bits per heavy atom. The third kappa shape index (κ3) is 4.55. The Labute approximate surface area is 146 Å². The molecule has 0 heterocycles. The normalized spacial score (nSPS) is 10.3. The van der Waals surface area contributed by atoms with E-state index in [2.05, 4.69) is 5.32 Å². The molecule has 5 nitrogen and oxygen atoms in total. The number of nitrogens with one attached hydrogen (secondary N) is 1. The lowest BCUT2D eigenvalue weighted by Gasteiger charge is -2.15. The molecule has 24 heavy (non-hydrogen) atoms. The van der Waals surface area contributed by atoms with E-state index in [1.807, 2.05) is 19.9 Å². The summed E-state index contributed by atoms with van der Waals surface area (Å²) in [5.41, 5.74) is 1.92. The van der Waals surface area contributed by atoms with Crippen LogP contribution in [0.5, 0.6) is 11.5 Å². The van der Waals surface area contributed by atoms with Gasteiger partial charge in [-0.15, -0.1) is 0 Å². The number of rotatable bonds is 8. The van der Waals surface area contributed by atoms with Crippen molar-refractivity contribution < 1.29 is 19.4 Å². The molecule has 2 rings (SSSR count). The van der Waals surface area contributed by atoms with Gasteiger partial charge in [-0.2, -0.15) is 0 Å². The fourth-order valence-electron chi connectivity index (χ4n) is 2.18. The van der Waals surface area contributed by atoms with Gasteiger partial charge < -0.3 is 19.9 Å². The third-order valence-electron chi connectivity index (χ3n) is 3.33. The van der Waals surface area contributed by atoms with Crippen LogP contribution in [-0.4, -0.2) is 24.3 Å². The number of hydrogen-bond donors (Lipinski definition) is 2. The van der Waals surface area contributed by atoms with E-state index < -0.39 is 5.97 Å². The molecule has 0 saturated heterocycles. The maximum atomic E-state index is 10.9. The smallest absolute Gasteiger partial charge is 0.335 e. The largest absolute Gasteiger partial charge is 0.490 e. The predicted octanol–water partition coefficient (Wildman–Crippen LogP) is 4.45. The second kappa shape index (κ2) is 8.45. The Morgan fingerprint density at radius 3 is 2.21 bits per heavy atom. The number of carboxylic acid groups (broad SMARTS) is 1. The van der Waals surface area contributed by atoms with Crippen molar-refractivity contribution in [3.05, 3.63) is 52.5 Å². The van der Waals surface area contributed by atoms with Crippen LogP contribution in [0.25, 0.3) is 0 Å². The van der Waals surface area contributed by atoms with Crippen LogP contribution >= 0.6 is 11.6 Å². The molecular weight excluding hydrogens is 330 g/mol.